The second-order valence-electron chi connectivity index (χ2n) is 5.25. The zero-order chi connectivity index (χ0) is 15.5. The number of carbonyl (C=O) groups is 1. The van der Waals surface area contributed by atoms with Gasteiger partial charge < -0.3 is 15.3 Å². The van der Waals surface area contributed by atoms with Gasteiger partial charge in [-0.3, -0.25) is 0 Å². The van der Waals surface area contributed by atoms with Crippen molar-refractivity contribution in [1.82, 2.24) is 0 Å². The number of hydrogen-bond acceptors (Lipinski definition) is 2. The quantitative estimate of drug-likeness (QED) is 0.403. The first-order valence-electron chi connectivity index (χ1n) is 8.17. The minimum atomic E-state index is -1.83. The van der Waals surface area contributed by atoms with E-state index >= 15 is 0 Å². The molecular formula is C16H34O4. The topological polar surface area (TPSA) is 77.8 Å². The fourth-order valence-electron chi connectivity index (χ4n) is 2.13. The molecule has 0 amide bonds. The predicted molar refractivity (Wildman–Crippen MR) is 83.4 cm³/mol. The predicted octanol–water partition coefficient (Wildman–Crippen LogP) is 5.29. The second kappa shape index (κ2) is 20.5. The molecule has 3 N–H and O–H groups in total. The molecule has 0 saturated heterocycles. The van der Waals surface area contributed by atoms with Crippen LogP contribution in [0.1, 0.15) is 90.4 Å². The second-order valence-corrected chi connectivity index (χ2v) is 5.25. The number of rotatable bonds is 13. The summed E-state index contributed by atoms with van der Waals surface area (Å²) in [6, 6.07) is 0. The van der Waals surface area contributed by atoms with Crippen LogP contribution in [0.15, 0.2) is 0 Å². The van der Waals surface area contributed by atoms with Crippen molar-refractivity contribution < 1.29 is 20.1 Å². The van der Waals surface area contributed by atoms with Gasteiger partial charge in [0.05, 0.1) is 0 Å². The van der Waals surface area contributed by atoms with Gasteiger partial charge in [0.1, 0.15) is 0 Å². The third-order valence-corrected chi connectivity index (χ3v) is 3.26. The monoisotopic (exact) mass is 290 g/mol. The fraction of sp³-hybridized carbons (Fsp3) is 0.938. The first-order valence-corrected chi connectivity index (χ1v) is 8.17. The number of unbranched alkanes of at least 4 members (excludes halogenated alkanes) is 12. The van der Waals surface area contributed by atoms with E-state index in [1.807, 2.05) is 0 Å². The molecule has 20 heavy (non-hydrogen) atoms. The van der Waals surface area contributed by atoms with E-state index < -0.39 is 6.16 Å². The molecule has 0 rings (SSSR count). The van der Waals surface area contributed by atoms with Crippen molar-refractivity contribution in [3.63, 3.8) is 0 Å². The van der Waals surface area contributed by atoms with Crippen molar-refractivity contribution in [3.8, 4) is 0 Å². The van der Waals surface area contributed by atoms with Crippen molar-refractivity contribution in [3.05, 3.63) is 0 Å². The van der Waals surface area contributed by atoms with Crippen molar-refractivity contribution in [1.29, 1.82) is 0 Å². The zero-order valence-corrected chi connectivity index (χ0v) is 13.1. The molecule has 0 aromatic carbocycles. The van der Waals surface area contributed by atoms with Crippen LogP contribution >= 0.6 is 0 Å². The first kappa shape index (κ1) is 21.5. The van der Waals surface area contributed by atoms with Gasteiger partial charge in [-0.15, -0.1) is 0 Å². The number of aliphatic hydroxyl groups is 1. The highest BCUT2D eigenvalue weighted by atomic mass is 16.6. The van der Waals surface area contributed by atoms with Crippen molar-refractivity contribution >= 4 is 6.16 Å². The SMILES string of the molecule is CCCCCCCCCCCCCCCO.O=C(O)O. The van der Waals surface area contributed by atoms with Gasteiger partial charge in [0, 0.05) is 6.61 Å². The maximum Gasteiger partial charge on any atom is 0.503 e. The van der Waals surface area contributed by atoms with E-state index in [-0.39, 0.29) is 0 Å². The van der Waals surface area contributed by atoms with Gasteiger partial charge in [-0.1, -0.05) is 84.0 Å². The molecule has 0 fully saturated rings. The molecule has 0 spiro atoms. The van der Waals surface area contributed by atoms with Crippen LogP contribution in [0.3, 0.4) is 0 Å². The van der Waals surface area contributed by atoms with Crippen LogP contribution < -0.4 is 0 Å². The molecule has 0 radical (unpaired) electrons. The number of carboxylic acid groups (broad SMARTS) is 2. The third-order valence-electron chi connectivity index (χ3n) is 3.26. The summed E-state index contributed by atoms with van der Waals surface area (Å²) in [5.41, 5.74) is 0. The van der Waals surface area contributed by atoms with Gasteiger partial charge in [0.2, 0.25) is 0 Å². The van der Waals surface area contributed by atoms with E-state index in [9.17, 15) is 0 Å². The van der Waals surface area contributed by atoms with E-state index in [4.69, 9.17) is 20.1 Å². The summed E-state index contributed by atoms with van der Waals surface area (Å²) in [6.07, 6.45) is 15.9. The molecule has 0 bridgehead atoms. The summed E-state index contributed by atoms with van der Waals surface area (Å²) >= 11 is 0. The summed E-state index contributed by atoms with van der Waals surface area (Å²) in [4.78, 5) is 8.56. The fourth-order valence-corrected chi connectivity index (χ4v) is 2.13. The van der Waals surface area contributed by atoms with Crippen LogP contribution in [0.5, 0.6) is 0 Å². The molecule has 0 heterocycles. The Morgan fingerprint density at radius 1 is 0.650 bits per heavy atom. The standard InChI is InChI=1S/C15H32O.CH2O3/c1-2-3-4-5-6-7-8-9-10-11-12-13-14-15-16;2-1(3)4/h16H,2-15H2,1H3;(H2,2,3,4). The molecule has 0 aromatic heterocycles. The Morgan fingerprint density at radius 2 is 0.900 bits per heavy atom. The third kappa shape index (κ3) is 30.3. The highest BCUT2D eigenvalue weighted by Crippen LogP contribution is 2.12. The average molecular weight is 290 g/mol. The first-order chi connectivity index (χ1) is 9.65. The van der Waals surface area contributed by atoms with Crippen molar-refractivity contribution in [2.45, 2.75) is 90.4 Å². The van der Waals surface area contributed by atoms with E-state index in [1.165, 1.54) is 77.0 Å². The minimum absolute atomic E-state index is 0.373. The van der Waals surface area contributed by atoms with Gasteiger partial charge in [-0.25, -0.2) is 4.79 Å². The highest BCUT2D eigenvalue weighted by Gasteiger charge is 1.92. The molecule has 0 atom stereocenters. The summed E-state index contributed by atoms with van der Waals surface area (Å²) in [5, 5.41) is 22.6. The molecule has 122 valence electrons. The summed E-state index contributed by atoms with van der Waals surface area (Å²) in [7, 11) is 0. The Labute approximate surface area is 124 Å². The van der Waals surface area contributed by atoms with Gasteiger partial charge in [0.15, 0.2) is 0 Å². The van der Waals surface area contributed by atoms with Crippen LogP contribution in [0.2, 0.25) is 0 Å². The van der Waals surface area contributed by atoms with Gasteiger partial charge >= 0.3 is 6.16 Å². The molecule has 4 heteroatoms. The lowest BCUT2D eigenvalue weighted by Crippen LogP contribution is -1.84. The lowest BCUT2D eigenvalue weighted by Gasteiger charge is -2.02. The molecule has 4 nitrogen and oxygen atoms in total. The van der Waals surface area contributed by atoms with E-state index in [0.717, 1.165) is 6.42 Å². The number of aliphatic hydroxyl groups excluding tert-OH is 1. The van der Waals surface area contributed by atoms with Crippen molar-refractivity contribution in [2.24, 2.45) is 0 Å². The molecule has 0 aromatic rings. The Bertz CT molecular complexity index is 165. The maximum atomic E-state index is 8.63. The largest absolute Gasteiger partial charge is 0.503 e. The Hall–Kier alpha value is -0.770. The Balaban J connectivity index is 0. The Kier molecular flexibility index (Phi) is 22.1. The van der Waals surface area contributed by atoms with Crippen molar-refractivity contribution in [2.75, 3.05) is 6.61 Å². The smallest absolute Gasteiger partial charge is 0.450 e. The van der Waals surface area contributed by atoms with Crippen LogP contribution in [-0.4, -0.2) is 28.1 Å². The number of hydrogen-bond donors (Lipinski definition) is 3. The molecular weight excluding hydrogens is 256 g/mol. The van der Waals surface area contributed by atoms with Crippen LogP contribution in [-0.2, 0) is 0 Å². The highest BCUT2D eigenvalue weighted by molar-refractivity contribution is 5.53. The van der Waals surface area contributed by atoms with E-state index in [2.05, 4.69) is 6.92 Å². The van der Waals surface area contributed by atoms with Gasteiger partial charge in [-0.2, -0.15) is 0 Å². The van der Waals surface area contributed by atoms with Gasteiger partial charge in [-0.05, 0) is 6.42 Å². The van der Waals surface area contributed by atoms with Crippen LogP contribution in [0.4, 0.5) is 4.79 Å². The average Bonchev–Trinajstić information content (AvgIpc) is 2.39. The zero-order valence-electron chi connectivity index (χ0n) is 13.1. The normalized spacial score (nSPS) is 9.90. The van der Waals surface area contributed by atoms with Crippen LogP contribution in [0, 0.1) is 0 Å². The van der Waals surface area contributed by atoms with E-state index in [0.29, 0.717) is 6.61 Å². The lowest BCUT2D eigenvalue weighted by atomic mass is 10.0. The molecule has 0 aliphatic carbocycles. The molecule has 0 aliphatic heterocycles. The maximum absolute atomic E-state index is 8.63. The summed E-state index contributed by atoms with van der Waals surface area (Å²) in [5.74, 6) is 0. The lowest BCUT2D eigenvalue weighted by molar-refractivity contribution is 0.137. The minimum Gasteiger partial charge on any atom is -0.450 e. The van der Waals surface area contributed by atoms with E-state index in [1.54, 1.807) is 0 Å². The Morgan fingerprint density at radius 3 is 1.15 bits per heavy atom. The molecule has 0 unspecified atom stereocenters. The summed E-state index contributed by atoms with van der Waals surface area (Å²) < 4.78 is 0. The van der Waals surface area contributed by atoms with Crippen LogP contribution in [0.25, 0.3) is 0 Å². The summed E-state index contributed by atoms with van der Waals surface area (Å²) in [6.45, 7) is 2.65. The molecule has 0 aliphatic rings. The van der Waals surface area contributed by atoms with Gasteiger partial charge in [0.25, 0.3) is 0 Å². The molecule has 0 saturated carbocycles.